The second-order valence-electron chi connectivity index (χ2n) is 3.62. The molecule has 0 fully saturated rings. The first-order valence-corrected chi connectivity index (χ1v) is 6.97. The number of rotatable bonds is 4. The Hall–Kier alpha value is -1.17. The maximum absolute atomic E-state index is 11.8. The molecular formula is C12H11ClN2OS2. The fourth-order valence-electron chi connectivity index (χ4n) is 1.48. The number of aromatic nitrogens is 1. The number of hydrogen-bond acceptors (Lipinski definition) is 3. The molecule has 2 aromatic rings. The van der Waals surface area contributed by atoms with Gasteiger partial charge in [0.15, 0.2) is 0 Å². The summed E-state index contributed by atoms with van der Waals surface area (Å²) in [5, 5.41) is 2.84. The molecule has 18 heavy (non-hydrogen) atoms. The smallest absolute Gasteiger partial charge is 0.254 e. The van der Waals surface area contributed by atoms with Gasteiger partial charge in [-0.15, -0.1) is 11.3 Å². The number of aromatic amines is 1. The number of hydrogen-bond donors (Lipinski definition) is 2. The highest BCUT2D eigenvalue weighted by Crippen LogP contribution is 2.21. The number of halogens is 1. The molecule has 2 N–H and O–H groups in total. The van der Waals surface area contributed by atoms with E-state index in [0.717, 1.165) is 15.6 Å². The summed E-state index contributed by atoms with van der Waals surface area (Å²) in [6, 6.07) is 7.28. The van der Waals surface area contributed by atoms with Crippen LogP contribution in [0.4, 0.5) is 0 Å². The lowest BCUT2D eigenvalue weighted by Gasteiger charge is -2.04. The van der Waals surface area contributed by atoms with Crippen molar-refractivity contribution >= 4 is 41.1 Å². The van der Waals surface area contributed by atoms with Gasteiger partial charge in [-0.2, -0.15) is 0 Å². The van der Waals surface area contributed by atoms with E-state index in [1.807, 2.05) is 12.1 Å². The minimum absolute atomic E-state index is 0.153. The van der Waals surface area contributed by atoms with Crippen LogP contribution in [0.5, 0.6) is 0 Å². The van der Waals surface area contributed by atoms with Crippen molar-refractivity contribution in [2.45, 2.75) is 6.42 Å². The molecule has 0 saturated carbocycles. The Labute approximate surface area is 119 Å². The van der Waals surface area contributed by atoms with Gasteiger partial charge >= 0.3 is 0 Å². The molecule has 0 spiro atoms. The van der Waals surface area contributed by atoms with Crippen LogP contribution in [0.1, 0.15) is 15.2 Å². The number of pyridine rings is 1. The van der Waals surface area contributed by atoms with Gasteiger partial charge in [0.1, 0.15) is 4.64 Å². The van der Waals surface area contributed by atoms with E-state index in [4.69, 9.17) is 23.8 Å². The monoisotopic (exact) mass is 298 g/mol. The zero-order valence-electron chi connectivity index (χ0n) is 9.40. The van der Waals surface area contributed by atoms with Crippen molar-refractivity contribution in [2.24, 2.45) is 0 Å². The van der Waals surface area contributed by atoms with E-state index in [0.29, 0.717) is 16.7 Å². The van der Waals surface area contributed by atoms with Gasteiger partial charge in [-0.3, -0.25) is 4.79 Å². The van der Waals surface area contributed by atoms with E-state index in [1.54, 1.807) is 18.3 Å². The summed E-state index contributed by atoms with van der Waals surface area (Å²) in [5.74, 6) is -0.153. The summed E-state index contributed by atoms with van der Waals surface area (Å²) < 4.78 is 1.22. The molecule has 0 aromatic carbocycles. The summed E-state index contributed by atoms with van der Waals surface area (Å²) in [7, 11) is 0. The SMILES string of the molecule is O=C(NCCc1ccc(Cl)s1)c1ccc[nH]c1=S. The van der Waals surface area contributed by atoms with Crippen LogP contribution in [0, 0.1) is 4.64 Å². The van der Waals surface area contributed by atoms with Crippen LogP contribution in [-0.2, 0) is 6.42 Å². The molecule has 2 rings (SSSR count). The molecule has 6 heteroatoms. The number of thiophene rings is 1. The highest BCUT2D eigenvalue weighted by Gasteiger charge is 2.06. The molecule has 3 nitrogen and oxygen atoms in total. The zero-order valence-corrected chi connectivity index (χ0v) is 11.8. The van der Waals surface area contributed by atoms with Crippen LogP contribution in [0.25, 0.3) is 0 Å². The summed E-state index contributed by atoms with van der Waals surface area (Å²) in [4.78, 5) is 15.8. The topological polar surface area (TPSA) is 44.9 Å². The Morgan fingerprint density at radius 2 is 2.28 bits per heavy atom. The molecule has 0 bridgehead atoms. The van der Waals surface area contributed by atoms with Crippen molar-refractivity contribution in [3.05, 3.63) is 49.9 Å². The number of carbonyl (C=O) groups excluding carboxylic acids is 1. The minimum Gasteiger partial charge on any atom is -0.352 e. The Bertz CT molecular complexity index is 606. The summed E-state index contributed by atoms with van der Waals surface area (Å²) >= 11 is 12.4. The van der Waals surface area contributed by atoms with Gasteiger partial charge in [0.05, 0.1) is 9.90 Å². The molecule has 2 aromatic heterocycles. The van der Waals surface area contributed by atoms with Crippen molar-refractivity contribution in [3.63, 3.8) is 0 Å². The van der Waals surface area contributed by atoms with E-state index in [2.05, 4.69) is 10.3 Å². The van der Waals surface area contributed by atoms with Crippen molar-refractivity contribution in [2.75, 3.05) is 6.54 Å². The molecule has 1 amide bonds. The van der Waals surface area contributed by atoms with E-state index in [1.165, 1.54) is 11.3 Å². The van der Waals surface area contributed by atoms with Gasteiger partial charge in [-0.05, 0) is 30.7 Å². The van der Waals surface area contributed by atoms with Gasteiger partial charge in [0, 0.05) is 17.6 Å². The fourth-order valence-corrected chi connectivity index (χ4v) is 2.80. The van der Waals surface area contributed by atoms with Crippen LogP contribution in [0.15, 0.2) is 30.5 Å². The summed E-state index contributed by atoms with van der Waals surface area (Å²) in [6.07, 6.45) is 2.47. The van der Waals surface area contributed by atoms with Gasteiger partial charge < -0.3 is 10.3 Å². The van der Waals surface area contributed by atoms with Crippen molar-refractivity contribution in [3.8, 4) is 0 Å². The summed E-state index contributed by atoms with van der Waals surface area (Å²) in [5.41, 5.74) is 0.497. The molecule has 94 valence electrons. The lowest BCUT2D eigenvalue weighted by molar-refractivity contribution is 0.0953. The molecule has 0 atom stereocenters. The normalized spacial score (nSPS) is 10.3. The number of nitrogens with one attached hydrogen (secondary N) is 2. The van der Waals surface area contributed by atoms with Crippen LogP contribution < -0.4 is 5.32 Å². The first-order valence-electron chi connectivity index (χ1n) is 5.37. The first kappa shape index (κ1) is 13.3. The lowest BCUT2D eigenvalue weighted by atomic mass is 10.2. The number of H-pyrrole nitrogens is 1. The third-order valence-corrected chi connectivity index (χ3v) is 3.98. The molecule has 0 aliphatic rings. The summed E-state index contributed by atoms with van der Waals surface area (Å²) in [6.45, 7) is 0.569. The molecule has 0 aliphatic carbocycles. The minimum atomic E-state index is -0.153. The predicted molar refractivity (Wildman–Crippen MR) is 77.0 cm³/mol. The number of amides is 1. The molecule has 0 unspecified atom stereocenters. The Kier molecular flexibility index (Phi) is 4.52. The maximum Gasteiger partial charge on any atom is 0.254 e. The maximum atomic E-state index is 11.8. The zero-order chi connectivity index (χ0) is 13.0. The fraction of sp³-hybridized carbons (Fsp3) is 0.167. The van der Waals surface area contributed by atoms with Crippen LogP contribution in [-0.4, -0.2) is 17.4 Å². The van der Waals surface area contributed by atoms with E-state index in [-0.39, 0.29) is 5.91 Å². The standard InChI is InChI=1S/C12H11ClN2OS2/c13-10-4-3-8(18-10)5-7-14-11(16)9-2-1-6-15-12(9)17/h1-4,6H,5,7H2,(H,14,16)(H,15,17). The van der Waals surface area contributed by atoms with Crippen LogP contribution in [0.2, 0.25) is 4.34 Å². The predicted octanol–water partition coefficient (Wildman–Crippen LogP) is 3.43. The van der Waals surface area contributed by atoms with Gasteiger partial charge in [-0.25, -0.2) is 0 Å². The van der Waals surface area contributed by atoms with Crippen LogP contribution >= 0.6 is 35.2 Å². The van der Waals surface area contributed by atoms with Gasteiger partial charge in [0.25, 0.3) is 5.91 Å². The van der Waals surface area contributed by atoms with Crippen molar-refractivity contribution in [1.82, 2.24) is 10.3 Å². The van der Waals surface area contributed by atoms with Crippen molar-refractivity contribution < 1.29 is 4.79 Å². The first-order chi connectivity index (χ1) is 8.66. The second-order valence-corrected chi connectivity index (χ2v) is 5.83. The number of carbonyl (C=O) groups is 1. The third-order valence-electron chi connectivity index (χ3n) is 2.35. The van der Waals surface area contributed by atoms with Gasteiger partial charge in [-0.1, -0.05) is 23.8 Å². The van der Waals surface area contributed by atoms with E-state index < -0.39 is 0 Å². The molecule has 0 radical (unpaired) electrons. The Morgan fingerprint density at radius 1 is 1.44 bits per heavy atom. The average Bonchev–Trinajstić information content (AvgIpc) is 2.75. The Morgan fingerprint density at radius 3 is 2.94 bits per heavy atom. The van der Waals surface area contributed by atoms with E-state index >= 15 is 0 Å². The lowest BCUT2D eigenvalue weighted by Crippen LogP contribution is -2.25. The molecule has 0 aliphatic heterocycles. The second kappa shape index (κ2) is 6.13. The highest BCUT2D eigenvalue weighted by molar-refractivity contribution is 7.71. The van der Waals surface area contributed by atoms with Gasteiger partial charge in [0.2, 0.25) is 0 Å². The third kappa shape index (κ3) is 3.41. The van der Waals surface area contributed by atoms with Crippen LogP contribution in [0.3, 0.4) is 0 Å². The molecule has 2 heterocycles. The molecule has 0 saturated heterocycles. The average molecular weight is 299 g/mol. The Balaban J connectivity index is 1.89. The molecular weight excluding hydrogens is 288 g/mol. The highest BCUT2D eigenvalue weighted by atomic mass is 35.5. The quantitative estimate of drug-likeness (QED) is 0.849. The van der Waals surface area contributed by atoms with Crippen molar-refractivity contribution in [1.29, 1.82) is 0 Å². The van der Waals surface area contributed by atoms with E-state index in [9.17, 15) is 4.79 Å². The largest absolute Gasteiger partial charge is 0.352 e.